The number of unbranched alkanes of at least 4 members (excludes halogenated alkanes) is 12. The molecule has 1 unspecified atom stereocenters. The first-order chi connectivity index (χ1) is 16.8. The highest BCUT2D eigenvalue weighted by Gasteiger charge is 2.14. The molecule has 0 saturated carbocycles. The highest BCUT2D eigenvalue weighted by Crippen LogP contribution is 2.16. The van der Waals surface area contributed by atoms with Crippen LogP contribution in [0.1, 0.15) is 103 Å². The van der Waals surface area contributed by atoms with Gasteiger partial charge in [-0.1, -0.05) is 86.6 Å². The zero-order valence-electron chi connectivity index (χ0n) is 21.7. The minimum atomic E-state index is -0.427. The van der Waals surface area contributed by atoms with Crippen LogP contribution in [0.4, 0.5) is 0 Å². The van der Waals surface area contributed by atoms with Gasteiger partial charge in [-0.3, -0.25) is 19.1 Å². The maximum absolute atomic E-state index is 12.1. The van der Waals surface area contributed by atoms with E-state index >= 15 is 0 Å². The number of imidazole rings is 1. The summed E-state index contributed by atoms with van der Waals surface area (Å²) in [6, 6.07) is 0. The molecule has 2 rings (SSSR count). The van der Waals surface area contributed by atoms with Crippen molar-refractivity contribution in [2.24, 2.45) is 14.1 Å². The van der Waals surface area contributed by atoms with Crippen LogP contribution < -0.4 is 11.2 Å². The Hall–Kier alpha value is -1.90. The van der Waals surface area contributed by atoms with E-state index in [-0.39, 0.29) is 17.6 Å². The molecule has 0 radical (unpaired) electrons. The summed E-state index contributed by atoms with van der Waals surface area (Å²) in [5.74, 6) is 0.667. The topological polar surface area (TPSA) is 99.0 Å². The number of nitrogens with zero attached hydrogens (tertiary/aromatic N) is 3. The first kappa shape index (κ1) is 29.3. The smallest absolute Gasteiger partial charge is 0.329 e. The number of alkyl halides is 1. The predicted molar refractivity (Wildman–Crippen MR) is 144 cm³/mol. The first-order valence-electron chi connectivity index (χ1n) is 13.2. The van der Waals surface area contributed by atoms with Crippen LogP contribution in [-0.4, -0.2) is 36.5 Å². The number of nitrogens with one attached hydrogen (secondary N) is 1. The Morgan fingerprint density at radius 3 is 1.91 bits per heavy atom. The van der Waals surface area contributed by atoms with Crippen molar-refractivity contribution in [1.82, 2.24) is 19.1 Å². The summed E-state index contributed by atoms with van der Waals surface area (Å²) in [7, 11) is 3.48. The average molecular weight is 556 g/mol. The van der Waals surface area contributed by atoms with Gasteiger partial charge in [0.15, 0.2) is 11.2 Å². The minimum absolute atomic E-state index is 0.0183. The van der Waals surface area contributed by atoms with Gasteiger partial charge in [-0.15, -0.1) is 0 Å². The van der Waals surface area contributed by atoms with Crippen LogP contribution in [0.25, 0.3) is 11.2 Å². The molecule has 8 nitrogen and oxygen atoms in total. The van der Waals surface area contributed by atoms with E-state index in [1.165, 1.54) is 75.7 Å². The Kier molecular flexibility index (Phi) is 13.4. The van der Waals surface area contributed by atoms with Crippen molar-refractivity contribution in [1.29, 1.82) is 0 Å². The van der Waals surface area contributed by atoms with Gasteiger partial charge in [0.25, 0.3) is 5.56 Å². The number of H-pyrrole nitrogens is 1. The summed E-state index contributed by atoms with van der Waals surface area (Å²) in [4.78, 5) is 41.8. The molecular weight excluding hydrogens is 512 g/mol. The van der Waals surface area contributed by atoms with Crippen LogP contribution >= 0.6 is 15.9 Å². The third-order valence-electron chi connectivity index (χ3n) is 6.66. The van der Waals surface area contributed by atoms with Gasteiger partial charge in [0.1, 0.15) is 11.9 Å². The normalized spacial score (nSPS) is 12.3. The molecule has 0 spiro atoms. The lowest BCUT2D eigenvalue weighted by molar-refractivity contribution is -0.145. The zero-order valence-corrected chi connectivity index (χ0v) is 23.3. The third kappa shape index (κ3) is 9.94. The van der Waals surface area contributed by atoms with E-state index in [0.717, 1.165) is 43.3 Å². The number of rotatable bonds is 18. The molecule has 0 fully saturated rings. The number of carbonyl (C=O) groups excluding carboxylic acids is 1. The Balaban J connectivity index is 1.45. The Morgan fingerprint density at radius 2 is 1.40 bits per heavy atom. The summed E-state index contributed by atoms with van der Waals surface area (Å²) in [5.41, 5.74) is 0.122. The fourth-order valence-corrected chi connectivity index (χ4v) is 5.03. The van der Waals surface area contributed by atoms with Crippen molar-refractivity contribution < 1.29 is 9.53 Å². The Labute approximate surface area is 217 Å². The monoisotopic (exact) mass is 554 g/mol. The number of aryl methyl sites for hydroxylation is 3. The van der Waals surface area contributed by atoms with E-state index in [9.17, 15) is 14.4 Å². The number of esters is 1. The molecule has 0 saturated heterocycles. The highest BCUT2D eigenvalue weighted by molar-refractivity contribution is 9.09. The summed E-state index contributed by atoms with van der Waals surface area (Å²) >= 11 is 3.41. The molecule has 1 N–H and O–H groups in total. The molecule has 35 heavy (non-hydrogen) atoms. The van der Waals surface area contributed by atoms with Crippen LogP contribution in [0, 0.1) is 0 Å². The van der Waals surface area contributed by atoms with E-state index in [1.807, 2.05) is 11.6 Å². The molecule has 2 aromatic rings. The van der Waals surface area contributed by atoms with Gasteiger partial charge >= 0.3 is 11.7 Å². The van der Waals surface area contributed by atoms with Crippen molar-refractivity contribution >= 4 is 33.1 Å². The van der Waals surface area contributed by atoms with Crippen molar-refractivity contribution in [3.63, 3.8) is 0 Å². The fraction of sp³-hybridized carbons (Fsp3) is 0.769. The minimum Gasteiger partial charge on any atom is -0.462 e. The van der Waals surface area contributed by atoms with Gasteiger partial charge < -0.3 is 9.30 Å². The molecule has 0 aliphatic heterocycles. The molecule has 2 aromatic heterocycles. The van der Waals surface area contributed by atoms with Gasteiger partial charge in [0.2, 0.25) is 0 Å². The maximum Gasteiger partial charge on any atom is 0.329 e. The van der Waals surface area contributed by atoms with E-state index in [0.29, 0.717) is 11.2 Å². The van der Waals surface area contributed by atoms with E-state index in [1.54, 1.807) is 7.05 Å². The number of halogens is 1. The van der Waals surface area contributed by atoms with Gasteiger partial charge in [0, 0.05) is 32.8 Å². The number of aromatic amines is 1. The highest BCUT2D eigenvalue weighted by atomic mass is 79.9. The van der Waals surface area contributed by atoms with Crippen molar-refractivity contribution in [2.75, 3.05) is 5.33 Å². The lowest BCUT2D eigenvalue weighted by Crippen LogP contribution is -2.29. The van der Waals surface area contributed by atoms with Gasteiger partial charge in [-0.25, -0.2) is 9.78 Å². The predicted octanol–water partition coefficient (Wildman–Crippen LogP) is 5.29. The van der Waals surface area contributed by atoms with E-state index < -0.39 is 5.69 Å². The third-order valence-corrected chi connectivity index (χ3v) is 7.38. The average Bonchev–Trinajstić information content (AvgIpc) is 3.15. The second kappa shape index (κ2) is 16.0. The number of carbonyl (C=O) groups is 1. The molecule has 0 aromatic carbocycles. The molecule has 1 atom stereocenters. The van der Waals surface area contributed by atoms with Gasteiger partial charge in [-0.2, -0.15) is 0 Å². The van der Waals surface area contributed by atoms with Crippen molar-refractivity contribution in [3.05, 3.63) is 26.7 Å². The van der Waals surface area contributed by atoms with Crippen LogP contribution in [0.3, 0.4) is 0 Å². The summed E-state index contributed by atoms with van der Waals surface area (Å²) in [6.07, 6.45) is 18.0. The molecule has 0 bridgehead atoms. The Bertz CT molecular complexity index is 1030. The number of hydrogen-bond donors (Lipinski definition) is 1. The molecular formula is C26H43BrN4O4. The maximum atomic E-state index is 12.1. The van der Waals surface area contributed by atoms with E-state index in [4.69, 9.17) is 4.74 Å². The van der Waals surface area contributed by atoms with Crippen molar-refractivity contribution in [3.8, 4) is 0 Å². The fourth-order valence-electron chi connectivity index (χ4n) is 4.58. The van der Waals surface area contributed by atoms with Crippen LogP contribution in [0.2, 0.25) is 0 Å². The standard InChI is InChI=1S/C26H43BrN4O4/c1-20(32)35-21(19-27)17-15-13-11-9-7-5-4-6-8-10-12-14-16-18-22-28-24-23(30(22)2)25(33)29-26(34)31(24)3/h21H,4-19H2,1-3H3,(H,29,33,34). The number of aromatic nitrogens is 4. The van der Waals surface area contributed by atoms with Gasteiger partial charge in [-0.05, 0) is 19.3 Å². The zero-order chi connectivity index (χ0) is 25.6. The van der Waals surface area contributed by atoms with E-state index in [2.05, 4.69) is 25.9 Å². The SMILES string of the molecule is CC(=O)OC(CBr)CCCCCCCCCCCCCCCc1nc2c(c(=O)[nH]c(=O)n2C)n1C. The summed E-state index contributed by atoms with van der Waals surface area (Å²) < 4.78 is 8.46. The molecule has 0 aliphatic rings. The van der Waals surface area contributed by atoms with Crippen molar-refractivity contribution in [2.45, 2.75) is 109 Å². The molecule has 0 aliphatic carbocycles. The summed E-state index contributed by atoms with van der Waals surface area (Å²) in [6.45, 7) is 1.47. The van der Waals surface area contributed by atoms with Crippen LogP contribution in [-0.2, 0) is 30.0 Å². The van der Waals surface area contributed by atoms with Crippen LogP contribution in [0.15, 0.2) is 9.59 Å². The first-order valence-corrected chi connectivity index (χ1v) is 14.3. The number of ether oxygens (including phenoxy) is 1. The second-order valence-electron chi connectivity index (χ2n) is 9.60. The Morgan fingerprint density at radius 1 is 0.886 bits per heavy atom. The quantitative estimate of drug-likeness (QED) is 0.153. The molecule has 2 heterocycles. The second-order valence-corrected chi connectivity index (χ2v) is 10.2. The number of fused-ring (bicyclic) bond motifs is 1. The lowest BCUT2D eigenvalue weighted by atomic mass is 10.0. The van der Waals surface area contributed by atoms with Gasteiger partial charge in [0.05, 0.1) is 0 Å². The van der Waals surface area contributed by atoms with Crippen LogP contribution in [0.5, 0.6) is 0 Å². The number of hydrogen-bond acceptors (Lipinski definition) is 5. The lowest BCUT2D eigenvalue weighted by Gasteiger charge is -2.13. The summed E-state index contributed by atoms with van der Waals surface area (Å²) in [5, 5.41) is 0.722. The molecule has 9 heteroatoms. The largest absolute Gasteiger partial charge is 0.462 e. The molecule has 0 amide bonds. The molecule has 198 valence electrons.